The van der Waals surface area contributed by atoms with Crippen molar-refractivity contribution in [1.29, 1.82) is 0 Å². The molecule has 0 aromatic heterocycles. The minimum absolute atomic E-state index is 0.0640. The van der Waals surface area contributed by atoms with Gasteiger partial charge in [0.2, 0.25) is 0 Å². The van der Waals surface area contributed by atoms with Crippen LogP contribution in [0.15, 0.2) is 12.2 Å². The van der Waals surface area contributed by atoms with Crippen molar-refractivity contribution in [2.45, 2.75) is 117 Å². The van der Waals surface area contributed by atoms with Gasteiger partial charge < -0.3 is 19.0 Å². The molecule has 1 saturated heterocycles. The third kappa shape index (κ3) is 6.45. The molecule has 1 aliphatic heterocycles. The first-order chi connectivity index (χ1) is 11.7. The summed E-state index contributed by atoms with van der Waals surface area (Å²) in [5.74, 6) is -0.414. The molecule has 0 bridgehead atoms. The Morgan fingerprint density at radius 3 is 2.23 bits per heavy atom. The van der Waals surface area contributed by atoms with Crippen molar-refractivity contribution in [2.24, 2.45) is 5.92 Å². The largest absolute Gasteiger partial charge is 0.414 e. The Hall–Kier alpha value is -0.203. The standard InChI is InChI=1S/C21H42O4Si/c1-11-12-18-19(24-21(7,8)23-18)17(22)14-13-15(2)16(3)25-26(9,10)20(4,5)6/h13-19,22H,11-12H2,1-10H3/b14-13-/t15-,16+,17+,18+,19-/m1/s1. The minimum Gasteiger partial charge on any atom is -0.414 e. The van der Waals surface area contributed by atoms with Crippen LogP contribution in [0.3, 0.4) is 0 Å². The summed E-state index contributed by atoms with van der Waals surface area (Å²) in [6.45, 7) is 21.5. The summed E-state index contributed by atoms with van der Waals surface area (Å²) in [7, 11) is -1.79. The van der Waals surface area contributed by atoms with Crippen LogP contribution >= 0.6 is 0 Å². The molecule has 0 unspecified atom stereocenters. The maximum absolute atomic E-state index is 10.6. The number of hydrogen-bond acceptors (Lipinski definition) is 4. The first kappa shape index (κ1) is 23.8. The summed E-state index contributed by atoms with van der Waals surface area (Å²) >= 11 is 0. The molecular weight excluding hydrogens is 344 g/mol. The summed E-state index contributed by atoms with van der Waals surface area (Å²) in [5.41, 5.74) is 0. The Labute approximate surface area is 162 Å². The van der Waals surface area contributed by atoms with Crippen molar-refractivity contribution in [3.05, 3.63) is 12.2 Å². The van der Waals surface area contributed by atoms with Gasteiger partial charge in [-0.3, -0.25) is 0 Å². The van der Waals surface area contributed by atoms with Gasteiger partial charge in [-0.05, 0) is 51.2 Å². The van der Waals surface area contributed by atoms with Crippen LogP contribution in [0.1, 0.15) is 68.2 Å². The molecule has 26 heavy (non-hydrogen) atoms. The molecule has 0 radical (unpaired) electrons. The molecule has 1 fully saturated rings. The molecule has 1 aliphatic rings. The zero-order valence-electron chi connectivity index (χ0n) is 18.6. The van der Waals surface area contributed by atoms with Gasteiger partial charge in [0.1, 0.15) is 12.2 Å². The highest BCUT2D eigenvalue weighted by Crippen LogP contribution is 2.38. The van der Waals surface area contributed by atoms with Gasteiger partial charge in [0.05, 0.1) is 6.10 Å². The van der Waals surface area contributed by atoms with E-state index in [1.165, 1.54) is 0 Å². The first-order valence-corrected chi connectivity index (χ1v) is 13.0. The van der Waals surface area contributed by atoms with E-state index in [0.717, 1.165) is 12.8 Å². The Balaban J connectivity index is 2.70. The van der Waals surface area contributed by atoms with Crippen LogP contribution in [-0.4, -0.2) is 43.6 Å². The summed E-state index contributed by atoms with van der Waals surface area (Å²) in [6.07, 6.45) is 4.87. The lowest BCUT2D eigenvalue weighted by Crippen LogP contribution is -2.44. The lowest BCUT2D eigenvalue weighted by molar-refractivity contribution is -0.152. The third-order valence-electron chi connectivity index (χ3n) is 5.77. The summed E-state index contributed by atoms with van der Waals surface area (Å²) in [4.78, 5) is 0. The highest BCUT2D eigenvalue weighted by Gasteiger charge is 2.43. The smallest absolute Gasteiger partial charge is 0.192 e. The number of aliphatic hydroxyl groups excluding tert-OH is 1. The van der Waals surface area contributed by atoms with E-state index in [-0.39, 0.29) is 29.3 Å². The van der Waals surface area contributed by atoms with Gasteiger partial charge >= 0.3 is 0 Å². The average molecular weight is 387 g/mol. The van der Waals surface area contributed by atoms with Gasteiger partial charge in [-0.1, -0.05) is 53.2 Å². The van der Waals surface area contributed by atoms with Gasteiger partial charge in [0.15, 0.2) is 14.1 Å². The maximum Gasteiger partial charge on any atom is 0.192 e. The predicted octanol–water partition coefficient (Wildman–Crippen LogP) is 5.27. The molecule has 5 heteroatoms. The Morgan fingerprint density at radius 1 is 1.15 bits per heavy atom. The second-order valence-corrected chi connectivity index (χ2v) is 14.5. The van der Waals surface area contributed by atoms with E-state index in [0.29, 0.717) is 0 Å². The van der Waals surface area contributed by atoms with E-state index in [4.69, 9.17) is 13.9 Å². The summed E-state index contributed by atoms with van der Waals surface area (Å²) < 4.78 is 18.4. The Bertz CT molecular complexity index is 467. The number of hydrogen-bond donors (Lipinski definition) is 1. The zero-order chi connectivity index (χ0) is 20.3. The van der Waals surface area contributed by atoms with Crippen LogP contribution in [0.25, 0.3) is 0 Å². The minimum atomic E-state index is -1.79. The highest BCUT2D eigenvalue weighted by molar-refractivity contribution is 6.74. The van der Waals surface area contributed by atoms with Crippen LogP contribution in [0.2, 0.25) is 18.1 Å². The third-order valence-corrected chi connectivity index (χ3v) is 10.3. The van der Waals surface area contributed by atoms with E-state index >= 15 is 0 Å². The van der Waals surface area contributed by atoms with Gasteiger partial charge in [-0.2, -0.15) is 0 Å². The first-order valence-electron chi connectivity index (χ1n) is 10.1. The van der Waals surface area contributed by atoms with Crippen LogP contribution in [-0.2, 0) is 13.9 Å². The van der Waals surface area contributed by atoms with Crippen molar-refractivity contribution < 1.29 is 19.0 Å². The maximum atomic E-state index is 10.6. The molecule has 154 valence electrons. The van der Waals surface area contributed by atoms with Crippen molar-refractivity contribution in [2.75, 3.05) is 0 Å². The quantitative estimate of drug-likeness (QED) is 0.456. The van der Waals surface area contributed by atoms with Gasteiger partial charge in [-0.25, -0.2) is 0 Å². The molecule has 0 aromatic carbocycles. The van der Waals surface area contributed by atoms with Crippen LogP contribution in [0, 0.1) is 5.92 Å². The van der Waals surface area contributed by atoms with E-state index in [2.05, 4.69) is 60.7 Å². The predicted molar refractivity (Wildman–Crippen MR) is 111 cm³/mol. The molecule has 0 aromatic rings. The van der Waals surface area contributed by atoms with Gasteiger partial charge in [0.25, 0.3) is 0 Å². The van der Waals surface area contributed by atoms with Crippen molar-refractivity contribution >= 4 is 8.32 Å². The van der Waals surface area contributed by atoms with Crippen molar-refractivity contribution in [3.63, 3.8) is 0 Å². The van der Waals surface area contributed by atoms with Crippen LogP contribution in [0.5, 0.6) is 0 Å². The summed E-state index contributed by atoms with van der Waals surface area (Å²) in [5, 5.41) is 10.8. The van der Waals surface area contributed by atoms with E-state index in [9.17, 15) is 5.11 Å². The number of ether oxygens (including phenoxy) is 2. The molecular formula is C21H42O4Si. The molecule has 0 saturated carbocycles. The normalized spacial score (nSPS) is 27.7. The SMILES string of the molecule is CCC[C@@H]1OC(C)(C)O[C@@H]1[C@@H](O)/C=C\[C@@H](C)[C@H](C)O[Si](C)(C)C(C)(C)C. The van der Waals surface area contributed by atoms with Gasteiger partial charge in [0, 0.05) is 6.10 Å². The highest BCUT2D eigenvalue weighted by atomic mass is 28.4. The fourth-order valence-electron chi connectivity index (χ4n) is 2.96. The molecule has 1 rings (SSSR count). The van der Waals surface area contributed by atoms with E-state index in [1.54, 1.807) is 0 Å². The topological polar surface area (TPSA) is 47.9 Å². The molecule has 1 N–H and O–H groups in total. The monoisotopic (exact) mass is 386 g/mol. The average Bonchev–Trinajstić information content (AvgIpc) is 2.78. The van der Waals surface area contributed by atoms with E-state index in [1.807, 2.05) is 19.9 Å². The molecule has 1 heterocycles. The lowest BCUT2D eigenvalue weighted by Gasteiger charge is -2.39. The molecule has 0 spiro atoms. The zero-order valence-corrected chi connectivity index (χ0v) is 19.6. The fourth-order valence-corrected chi connectivity index (χ4v) is 4.46. The molecule has 0 amide bonds. The second kappa shape index (κ2) is 8.87. The Kier molecular flexibility index (Phi) is 8.13. The van der Waals surface area contributed by atoms with Crippen molar-refractivity contribution in [1.82, 2.24) is 0 Å². The molecule has 4 nitrogen and oxygen atoms in total. The second-order valence-electron chi connectivity index (χ2n) is 9.75. The number of rotatable bonds is 8. The van der Waals surface area contributed by atoms with Crippen molar-refractivity contribution in [3.8, 4) is 0 Å². The molecule has 5 atom stereocenters. The lowest BCUT2D eigenvalue weighted by atomic mass is 10.0. The van der Waals surface area contributed by atoms with E-state index < -0.39 is 20.2 Å². The molecule has 0 aliphatic carbocycles. The van der Waals surface area contributed by atoms with Crippen LogP contribution < -0.4 is 0 Å². The van der Waals surface area contributed by atoms with Gasteiger partial charge in [-0.15, -0.1) is 0 Å². The van der Waals surface area contributed by atoms with Crippen LogP contribution in [0.4, 0.5) is 0 Å². The Morgan fingerprint density at radius 2 is 1.73 bits per heavy atom. The number of aliphatic hydroxyl groups is 1. The fraction of sp³-hybridized carbons (Fsp3) is 0.905. The summed E-state index contributed by atoms with van der Waals surface area (Å²) in [6, 6.07) is 0.